The third kappa shape index (κ3) is 4.21. The van der Waals surface area contributed by atoms with Gasteiger partial charge in [-0.05, 0) is 54.6 Å². The van der Waals surface area contributed by atoms with Crippen molar-refractivity contribution in [3.63, 3.8) is 0 Å². The van der Waals surface area contributed by atoms with Gasteiger partial charge in [-0.2, -0.15) is 0 Å². The maximum atomic E-state index is 14.3. The SMILES string of the molecule is Cc1cccc(-c2cccc3cc([C@H](C)NC(=O)c4c(N)nn5cccnc45)n(-c4ccccc4)c(=O)c23)c1. The highest BCUT2D eigenvalue weighted by Gasteiger charge is 2.24. The van der Waals surface area contributed by atoms with E-state index < -0.39 is 11.9 Å². The summed E-state index contributed by atoms with van der Waals surface area (Å²) in [6.07, 6.45) is 3.26. The number of benzene rings is 3. The van der Waals surface area contributed by atoms with Gasteiger partial charge < -0.3 is 11.1 Å². The monoisotopic (exact) mass is 514 g/mol. The van der Waals surface area contributed by atoms with E-state index in [1.54, 1.807) is 23.0 Å². The number of amides is 1. The zero-order valence-electron chi connectivity index (χ0n) is 21.5. The number of aromatic nitrogens is 4. The zero-order chi connectivity index (χ0) is 27.1. The maximum absolute atomic E-state index is 14.3. The second-order valence-electron chi connectivity index (χ2n) is 9.53. The molecule has 192 valence electrons. The van der Waals surface area contributed by atoms with Gasteiger partial charge in [-0.25, -0.2) is 9.50 Å². The largest absolute Gasteiger partial charge is 0.381 e. The van der Waals surface area contributed by atoms with Gasteiger partial charge in [-0.3, -0.25) is 14.2 Å². The molecule has 8 heteroatoms. The molecule has 3 aromatic heterocycles. The molecule has 8 nitrogen and oxygen atoms in total. The van der Waals surface area contributed by atoms with Crippen molar-refractivity contribution >= 4 is 28.1 Å². The first-order chi connectivity index (χ1) is 18.9. The van der Waals surface area contributed by atoms with Gasteiger partial charge in [-0.1, -0.05) is 66.2 Å². The Morgan fingerprint density at radius 1 is 0.974 bits per heavy atom. The molecule has 6 rings (SSSR count). The van der Waals surface area contributed by atoms with Gasteiger partial charge >= 0.3 is 0 Å². The minimum Gasteiger partial charge on any atom is -0.381 e. The van der Waals surface area contributed by atoms with E-state index >= 15 is 0 Å². The minimum absolute atomic E-state index is 0.0835. The second-order valence-corrected chi connectivity index (χ2v) is 9.53. The highest BCUT2D eigenvalue weighted by Crippen LogP contribution is 2.30. The molecule has 0 spiro atoms. The Kier molecular flexibility index (Phi) is 5.92. The minimum atomic E-state index is -0.546. The lowest BCUT2D eigenvalue weighted by Crippen LogP contribution is -2.32. The fourth-order valence-electron chi connectivity index (χ4n) is 5.06. The van der Waals surface area contributed by atoms with Crippen LogP contribution in [0.1, 0.15) is 34.6 Å². The van der Waals surface area contributed by atoms with Crippen molar-refractivity contribution in [2.75, 3.05) is 5.73 Å². The fraction of sp³-hybridized carbons (Fsp3) is 0.0968. The van der Waals surface area contributed by atoms with Crippen LogP contribution in [0.5, 0.6) is 0 Å². The Balaban J connectivity index is 1.52. The summed E-state index contributed by atoms with van der Waals surface area (Å²) >= 11 is 0. The highest BCUT2D eigenvalue weighted by atomic mass is 16.2. The second kappa shape index (κ2) is 9.57. The first-order valence-electron chi connectivity index (χ1n) is 12.6. The summed E-state index contributed by atoms with van der Waals surface area (Å²) in [5, 5.41) is 8.62. The van der Waals surface area contributed by atoms with E-state index in [0.717, 1.165) is 22.1 Å². The quantitative estimate of drug-likeness (QED) is 0.334. The van der Waals surface area contributed by atoms with Crippen LogP contribution in [0, 0.1) is 6.92 Å². The van der Waals surface area contributed by atoms with Gasteiger partial charge in [0.15, 0.2) is 11.5 Å². The first-order valence-corrected chi connectivity index (χ1v) is 12.6. The standard InChI is InChI=1S/C31H26N6O2/c1-19-9-6-10-21(17-19)24-14-7-11-22-18-25(37(31(39)26(22)24)23-12-4-3-5-13-23)20(2)34-30(38)27-28(32)35-36-16-8-15-33-29(27)36/h3-18,20H,1-2H3,(H2,32,35)(H,34,38)/t20-/m0/s1. The number of pyridine rings is 1. The summed E-state index contributed by atoms with van der Waals surface area (Å²) in [7, 11) is 0. The van der Waals surface area contributed by atoms with Crippen LogP contribution in [-0.4, -0.2) is 25.1 Å². The van der Waals surface area contributed by atoms with Gasteiger partial charge in [0, 0.05) is 23.8 Å². The Morgan fingerprint density at radius 3 is 2.56 bits per heavy atom. The molecule has 3 heterocycles. The van der Waals surface area contributed by atoms with Crippen LogP contribution in [0.2, 0.25) is 0 Å². The molecule has 0 unspecified atom stereocenters. The van der Waals surface area contributed by atoms with Crippen LogP contribution in [0.15, 0.2) is 102 Å². The number of hydrogen-bond acceptors (Lipinski definition) is 5. The third-order valence-electron chi connectivity index (χ3n) is 6.86. The molecule has 0 aliphatic carbocycles. The molecular formula is C31H26N6O2. The Morgan fingerprint density at radius 2 is 1.77 bits per heavy atom. The van der Waals surface area contributed by atoms with E-state index in [4.69, 9.17) is 5.73 Å². The zero-order valence-corrected chi connectivity index (χ0v) is 21.5. The number of nitrogens with one attached hydrogen (secondary N) is 1. The molecule has 3 aromatic carbocycles. The lowest BCUT2D eigenvalue weighted by atomic mass is 9.97. The topological polar surface area (TPSA) is 107 Å². The van der Waals surface area contributed by atoms with Crippen molar-refractivity contribution in [3.8, 4) is 16.8 Å². The van der Waals surface area contributed by atoms with Gasteiger partial charge in [0.05, 0.1) is 11.4 Å². The third-order valence-corrected chi connectivity index (χ3v) is 6.86. The van der Waals surface area contributed by atoms with Crippen molar-refractivity contribution in [3.05, 3.63) is 124 Å². The number of nitrogens with two attached hydrogens (primary N) is 1. The predicted molar refractivity (Wildman–Crippen MR) is 153 cm³/mol. The number of carbonyl (C=O) groups excluding carboxylic acids is 1. The van der Waals surface area contributed by atoms with Crippen LogP contribution in [0.4, 0.5) is 5.82 Å². The lowest BCUT2D eigenvalue weighted by Gasteiger charge is -2.21. The Labute approximate surface area is 224 Å². The molecule has 0 fully saturated rings. The fourth-order valence-corrected chi connectivity index (χ4v) is 5.06. The van der Waals surface area contributed by atoms with E-state index in [-0.39, 0.29) is 16.9 Å². The molecule has 1 atom stereocenters. The van der Waals surface area contributed by atoms with E-state index in [2.05, 4.69) is 21.5 Å². The summed E-state index contributed by atoms with van der Waals surface area (Å²) in [4.78, 5) is 32.0. The number of rotatable bonds is 5. The highest BCUT2D eigenvalue weighted by molar-refractivity contribution is 6.04. The van der Waals surface area contributed by atoms with E-state index in [1.165, 1.54) is 4.52 Å². The van der Waals surface area contributed by atoms with Gasteiger partial charge in [0.25, 0.3) is 11.5 Å². The number of para-hydroxylation sites is 1. The summed E-state index contributed by atoms with van der Waals surface area (Å²) in [5.41, 5.74) is 10.8. The normalized spacial score (nSPS) is 12.1. The van der Waals surface area contributed by atoms with Crippen LogP contribution in [-0.2, 0) is 0 Å². The number of anilines is 1. The molecule has 0 saturated heterocycles. The van der Waals surface area contributed by atoms with E-state index in [0.29, 0.717) is 22.4 Å². The molecule has 0 radical (unpaired) electrons. The van der Waals surface area contributed by atoms with Crippen LogP contribution in [0.25, 0.3) is 33.2 Å². The van der Waals surface area contributed by atoms with Crippen LogP contribution >= 0.6 is 0 Å². The molecule has 1 amide bonds. The number of nitrogens with zero attached hydrogens (tertiary/aromatic N) is 4. The van der Waals surface area contributed by atoms with Crippen molar-refractivity contribution in [2.24, 2.45) is 0 Å². The van der Waals surface area contributed by atoms with E-state index in [9.17, 15) is 9.59 Å². The van der Waals surface area contributed by atoms with Crippen molar-refractivity contribution in [1.29, 1.82) is 0 Å². The van der Waals surface area contributed by atoms with Crippen LogP contribution < -0.4 is 16.6 Å². The van der Waals surface area contributed by atoms with Crippen LogP contribution in [0.3, 0.4) is 0 Å². The molecule has 6 aromatic rings. The average molecular weight is 515 g/mol. The van der Waals surface area contributed by atoms with Gasteiger partial charge in [0.1, 0.15) is 5.56 Å². The van der Waals surface area contributed by atoms with Crippen molar-refractivity contribution < 1.29 is 4.79 Å². The Bertz CT molecular complexity index is 1920. The average Bonchev–Trinajstić information content (AvgIpc) is 3.28. The molecule has 0 aliphatic heterocycles. The molecule has 0 aliphatic rings. The van der Waals surface area contributed by atoms with Gasteiger partial charge in [0.2, 0.25) is 0 Å². The molecule has 3 N–H and O–H groups in total. The number of nitrogen functional groups attached to an aromatic ring is 1. The molecular weight excluding hydrogens is 488 g/mol. The lowest BCUT2D eigenvalue weighted by molar-refractivity contribution is 0.0941. The number of carbonyl (C=O) groups is 1. The summed E-state index contributed by atoms with van der Waals surface area (Å²) in [6.45, 7) is 3.88. The number of hydrogen-bond donors (Lipinski definition) is 2. The number of fused-ring (bicyclic) bond motifs is 2. The van der Waals surface area contributed by atoms with E-state index in [1.807, 2.05) is 86.6 Å². The molecule has 0 bridgehead atoms. The first kappa shape index (κ1) is 24.1. The smallest absolute Gasteiger partial charge is 0.263 e. The molecule has 39 heavy (non-hydrogen) atoms. The van der Waals surface area contributed by atoms with Crippen molar-refractivity contribution in [2.45, 2.75) is 19.9 Å². The molecule has 0 saturated carbocycles. The number of aryl methyl sites for hydroxylation is 1. The summed E-state index contributed by atoms with van der Waals surface area (Å²) in [5.74, 6) is -0.338. The summed E-state index contributed by atoms with van der Waals surface area (Å²) in [6, 6.07) is 26.5. The Hall–Kier alpha value is -5.24. The maximum Gasteiger partial charge on any atom is 0.263 e. The summed E-state index contributed by atoms with van der Waals surface area (Å²) < 4.78 is 3.14. The van der Waals surface area contributed by atoms with Gasteiger partial charge in [-0.15, -0.1) is 5.10 Å². The predicted octanol–water partition coefficient (Wildman–Crippen LogP) is 5.08. The van der Waals surface area contributed by atoms with Crippen molar-refractivity contribution in [1.82, 2.24) is 24.5 Å².